The summed E-state index contributed by atoms with van der Waals surface area (Å²) in [7, 11) is 0. The second-order valence-electron chi connectivity index (χ2n) is 5.68. The average Bonchev–Trinajstić information content (AvgIpc) is 2.59. The van der Waals surface area contributed by atoms with Gasteiger partial charge >= 0.3 is 5.97 Å². The summed E-state index contributed by atoms with van der Waals surface area (Å²) < 4.78 is 10.6. The molecule has 1 aromatic carbocycles. The van der Waals surface area contributed by atoms with E-state index in [0.717, 1.165) is 39.3 Å². The Morgan fingerprint density at radius 1 is 1.46 bits per heavy atom. The number of rotatable bonds is 7. The third-order valence-corrected chi connectivity index (χ3v) is 3.77. The Kier molecular flexibility index (Phi) is 6.89. The maximum Gasteiger partial charge on any atom is 0.331 e. The van der Waals surface area contributed by atoms with Gasteiger partial charge < -0.3 is 9.47 Å². The number of esters is 1. The molecular formula is C17H22N2O5. The maximum atomic E-state index is 11.8. The first-order chi connectivity index (χ1) is 11.5. The van der Waals surface area contributed by atoms with Gasteiger partial charge in [0.25, 0.3) is 5.69 Å². The zero-order valence-corrected chi connectivity index (χ0v) is 13.7. The highest BCUT2D eigenvalue weighted by atomic mass is 16.6. The lowest BCUT2D eigenvalue weighted by atomic mass is 10.2. The lowest BCUT2D eigenvalue weighted by Crippen LogP contribution is -2.38. The lowest BCUT2D eigenvalue weighted by Gasteiger charge is -2.27. The van der Waals surface area contributed by atoms with E-state index in [9.17, 15) is 14.9 Å². The Bertz CT molecular complexity index is 596. The molecule has 130 valence electrons. The summed E-state index contributed by atoms with van der Waals surface area (Å²) in [5.41, 5.74) is 0.575. The summed E-state index contributed by atoms with van der Waals surface area (Å²) in [5, 5.41) is 10.7. The molecule has 2 rings (SSSR count). The predicted molar refractivity (Wildman–Crippen MR) is 89.6 cm³/mol. The number of hydrogen-bond acceptors (Lipinski definition) is 6. The zero-order valence-electron chi connectivity index (χ0n) is 13.7. The van der Waals surface area contributed by atoms with Gasteiger partial charge in [-0.2, -0.15) is 0 Å². The van der Waals surface area contributed by atoms with E-state index in [4.69, 9.17) is 9.47 Å². The largest absolute Gasteiger partial charge is 0.459 e. The number of hydrogen-bond donors (Lipinski definition) is 0. The molecule has 0 saturated carbocycles. The molecule has 1 aliphatic heterocycles. The van der Waals surface area contributed by atoms with Crippen molar-refractivity contribution in [1.29, 1.82) is 0 Å². The highest BCUT2D eigenvalue weighted by Gasteiger charge is 2.13. The van der Waals surface area contributed by atoms with Crippen LogP contribution in [-0.2, 0) is 14.3 Å². The standard InChI is InChI=1S/C17H22N2O5/c1-14(7-8-18-9-11-23-12-10-18)24-17(20)6-5-15-3-2-4-16(13-15)19(21)22/h2-6,13-14H,7-12H2,1H3. The van der Waals surface area contributed by atoms with Gasteiger partial charge in [0.15, 0.2) is 0 Å². The van der Waals surface area contributed by atoms with Gasteiger partial charge in [0, 0.05) is 37.8 Å². The van der Waals surface area contributed by atoms with Crippen LogP contribution in [0.2, 0.25) is 0 Å². The molecule has 0 aromatic heterocycles. The van der Waals surface area contributed by atoms with Gasteiger partial charge in [-0.05, 0) is 25.0 Å². The molecule has 1 atom stereocenters. The third kappa shape index (κ3) is 6.10. The van der Waals surface area contributed by atoms with E-state index in [2.05, 4.69) is 4.90 Å². The molecule has 0 aliphatic carbocycles. The number of nitrogens with zero attached hydrogens (tertiary/aromatic N) is 2. The number of carbonyl (C=O) groups excluding carboxylic acids is 1. The van der Waals surface area contributed by atoms with Crippen molar-refractivity contribution >= 4 is 17.7 Å². The molecular weight excluding hydrogens is 312 g/mol. The molecule has 0 N–H and O–H groups in total. The molecule has 0 bridgehead atoms. The Hall–Kier alpha value is -2.25. The summed E-state index contributed by atoms with van der Waals surface area (Å²) in [5.74, 6) is -0.448. The van der Waals surface area contributed by atoms with Crippen LogP contribution < -0.4 is 0 Å². The summed E-state index contributed by atoms with van der Waals surface area (Å²) in [6.07, 6.45) is 3.39. The van der Waals surface area contributed by atoms with Crippen molar-refractivity contribution < 1.29 is 19.2 Å². The molecule has 1 aliphatic rings. The van der Waals surface area contributed by atoms with Crippen LogP contribution in [0.15, 0.2) is 30.3 Å². The summed E-state index contributed by atoms with van der Waals surface area (Å²) in [6, 6.07) is 6.09. The average molecular weight is 334 g/mol. The van der Waals surface area contributed by atoms with Crippen LogP contribution in [-0.4, -0.2) is 54.7 Å². The van der Waals surface area contributed by atoms with Crippen LogP contribution in [0.5, 0.6) is 0 Å². The van der Waals surface area contributed by atoms with E-state index >= 15 is 0 Å². The number of benzene rings is 1. The van der Waals surface area contributed by atoms with Crippen LogP contribution >= 0.6 is 0 Å². The molecule has 1 fully saturated rings. The summed E-state index contributed by atoms with van der Waals surface area (Å²) >= 11 is 0. The topological polar surface area (TPSA) is 81.9 Å². The van der Waals surface area contributed by atoms with Crippen molar-refractivity contribution in [2.24, 2.45) is 0 Å². The fourth-order valence-electron chi connectivity index (χ4n) is 2.39. The van der Waals surface area contributed by atoms with Crippen molar-refractivity contribution in [3.8, 4) is 0 Å². The van der Waals surface area contributed by atoms with E-state index in [-0.39, 0.29) is 11.8 Å². The molecule has 1 unspecified atom stereocenters. The predicted octanol–water partition coefficient (Wildman–Crippen LogP) is 2.26. The highest BCUT2D eigenvalue weighted by molar-refractivity contribution is 5.87. The Morgan fingerprint density at radius 3 is 2.92 bits per heavy atom. The van der Waals surface area contributed by atoms with Gasteiger partial charge in [0.1, 0.15) is 6.10 Å². The highest BCUT2D eigenvalue weighted by Crippen LogP contribution is 2.14. The second kappa shape index (κ2) is 9.14. The molecule has 1 aromatic rings. The number of non-ortho nitro benzene ring substituents is 1. The van der Waals surface area contributed by atoms with Crippen LogP contribution in [0.1, 0.15) is 18.9 Å². The Labute approximate surface area is 141 Å². The minimum atomic E-state index is -0.469. The van der Waals surface area contributed by atoms with E-state index in [0.29, 0.717) is 5.56 Å². The quantitative estimate of drug-likeness (QED) is 0.329. The van der Waals surface area contributed by atoms with E-state index in [1.807, 2.05) is 6.92 Å². The van der Waals surface area contributed by atoms with Gasteiger partial charge in [0.2, 0.25) is 0 Å². The van der Waals surface area contributed by atoms with Crippen molar-refractivity contribution in [2.75, 3.05) is 32.8 Å². The Morgan fingerprint density at radius 2 is 2.21 bits per heavy atom. The molecule has 7 nitrogen and oxygen atoms in total. The SMILES string of the molecule is CC(CCN1CCOCC1)OC(=O)C=Cc1cccc([N+](=O)[O-])c1. The first-order valence-corrected chi connectivity index (χ1v) is 7.98. The fourth-order valence-corrected chi connectivity index (χ4v) is 2.39. The van der Waals surface area contributed by atoms with Crippen molar-refractivity contribution in [3.05, 3.63) is 46.0 Å². The lowest BCUT2D eigenvalue weighted by molar-refractivity contribution is -0.384. The number of nitro groups is 1. The molecule has 0 spiro atoms. The molecule has 0 amide bonds. The molecule has 24 heavy (non-hydrogen) atoms. The normalized spacial score (nSPS) is 16.9. The first kappa shape index (κ1) is 18.1. The summed E-state index contributed by atoms with van der Waals surface area (Å²) in [6.45, 7) is 6.05. The van der Waals surface area contributed by atoms with Crippen molar-refractivity contribution in [2.45, 2.75) is 19.4 Å². The smallest absolute Gasteiger partial charge is 0.331 e. The first-order valence-electron chi connectivity index (χ1n) is 7.98. The minimum Gasteiger partial charge on any atom is -0.459 e. The maximum absolute atomic E-state index is 11.8. The monoisotopic (exact) mass is 334 g/mol. The fraction of sp³-hybridized carbons (Fsp3) is 0.471. The second-order valence-corrected chi connectivity index (χ2v) is 5.68. The summed E-state index contributed by atoms with van der Waals surface area (Å²) in [4.78, 5) is 24.4. The minimum absolute atomic E-state index is 0.00982. The molecule has 1 heterocycles. The number of ether oxygens (including phenoxy) is 2. The molecule has 7 heteroatoms. The number of nitro benzene ring substituents is 1. The van der Waals surface area contributed by atoms with Gasteiger partial charge in [-0.15, -0.1) is 0 Å². The van der Waals surface area contributed by atoms with Crippen LogP contribution in [0.25, 0.3) is 6.08 Å². The Balaban J connectivity index is 1.77. The van der Waals surface area contributed by atoms with E-state index in [1.165, 1.54) is 24.3 Å². The van der Waals surface area contributed by atoms with Crippen LogP contribution in [0.3, 0.4) is 0 Å². The van der Waals surface area contributed by atoms with E-state index < -0.39 is 10.9 Å². The van der Waals surface area contributed by atoms with Gasteiger partial charge in [-0.3, -0.25) is 15.0 Å². The van der Waals surface area contributed by atoms with Crippen molar-refractivity contribution in [3.63, 3.8) is 0 Å². The van der Waals surface area contributed by atoms with Crippen LogP contribution in [0, 0.1) is 10.1 Å². The zero-order chi connectivity index (χ0) is 17.4. The van der Waals surface area contributed by atoms with E-state index in [1.54, 1.807) is 12.1 Å². The number of carbonyl (C=O) groups is 1. The van der Waals surface area contributed by atoms with Gasteiger partial charge in [0.05, 0.1) is 18.1 Å². The van der Waals surface area contributed by atoms with Gasteiger partial charge in [-0.1, -0.05) is 12.1 Å². The molecule has 0 radical (unpaired) electrons. The van der Waals surface area contributed by atoms with Crippen molar-refractivity contribution in [1.82, 2.24) is 4.90 Å². The van der Waals surface area contributed by atoms with Gasteiger partial charge in [-0.25, -0.2) is 4.79 Å². The van der Waals surface area contributed by atoms with Crippen LogP contribution in [0.4, 0.5) is 5.69 Å². The molecule has 1 saturated heterocycles. The number of morpholine rings is 1. The third-order valence-electron chi connectivity index (χ3n) is 3.77.